The largest absolute Gasteiger partial charge is 0.392 e. The van der Waals surface area contributed by atoms with Crippen LogP contribution in [-0.2, 0) is 26.3 Å². The lowest BCUT2D eigenvalue weighted by atomic mass is 9.92. The summed E-state index contributed by atoms with van der Waals surface area (Å²) in [5.41, 5.74) is 3.90. The number of aliphatic hydroxyl groups excluding tert-OH is 1. The first-order valence-electron chi connectivity index (χ1n) is 13.2. The minimum absolute atomic E-state index is 0.197. The summed E-state index contributed by atoms with van der Waals surface area (Å²) in [6.07, 6.45) is 0.643. The number of aromatic amines is 1. The van der Waals surface area contributed by atoms with Crippen LogP contribution in [0.5, 0.6) is 0 Å². The van der Waals surface area contributed by atoms with E-state index in [1.807, 2.05) is 13.0 Å². The predicted molar refractivity (Wildman–Crippen MR) is 155 cm³/mol. The molecule has 212 valence electrons. The third kappa shape index (κ3) is 6.52. The van der Waals surface area contributed by atoms with Crippen molar-refractivity contribution < 1.29 is 19.4 Å². The van der Waals surface area contributed by atoms with E-state index in [-0.39, 0.29) is 17.9 Å². The Kier molecular flexibility index (Phi) is 8.92. The zero-order chi connectivity index (χ0) is 29.0. The van der Waals surface area contributed by atoms with E-state index in [9.17, 15) is 14.7 Å². The Bertz CT molecular complexity index is 1520. The number of nitrogens with one attached hydrogen (secondary N) is 3. The van der Waals surface area contributed by atoms with Crippen LogP contribution in [0.4, 0.5) is 11.4 Å². The molecule has 40 heavy (non-hydrogen) atoms. The Morgan fingerprint density at radius 3 is 2.55 bits per heavy atom. The van der Waals surface area contributed by atoms with Crippen LogP contribution in [-0.4, -0.2) is 43.3 Å². The number of H-pyrrole nitrogens is 1. The molecule has 2 amide bonds. The van der Waals surface area contributed by atoms with Gasteiger partial charge in [-0.2, -0.15) is 4.63 Å². The van der Waals surface area contributed by atoms with Gasteiger partial charge in [0, 0.05) is 35.9 Å². The van der Waals surface area contributed by atoms with E-state index >= 15 is 0 Å². The lowest BCUT2D eigenvalue weighted by Crippen LogP contribution is -2.25. The number of fused-ring (bicyclic) bond motifs is 1. The number of hydrogen-bond donors (Lipinski definition) is 4. The molecule has 0 fully saturated rings. The van der Waals surface area contributed by atoms with Crippen molar-refractivity contribution >= 4 is 40.4 Å². The Morgan fingerprint density at radius 2 is 1.90 bits per heavy atom. The summed E-state index contributed by atoms with van der Waals surface area (Å²) in [6, 6.07) is 12.2. The average Bonchev–Trinajstić information content (AvgIpc) is 3.46. The summed E-state index contributed by atoms with van der Waals surface area (Å²) in [5.74, 6) is -0.204. The van der Waals surface area contributed by atoms with E-state index in [2.05, 4.69) is 46.6 Å². The van der Waals surface area contributed by atoms with E-state index in [1.165, 1.54) is 6.92 Å². The van der Waals surface area contributed by atoms with Crippen LogP contribution in [0.25, 0.3) is 17.0 Å². The fourth-order valence-corrected chi connectivity index (χ4v) is 4.73. The Balaban J connectivity index is 1.62. The molecule has 0 saturated heterocycles. The maximum atomic E-state index is 13.6. The number of halogens is 1. The van der Waals surface area contributed by atoms with Gasteiger partial charge < -0.3 is 20.5 Å². The van der Waals surface area contributed by atoms with E-state index < -0.39 is 12.0 Å². The molecule has 1 atom stereocenters. The molecule has 2 heterocycles. The monoisotopic (exact) mass is 566 g/mol. The zero-order valence-corrected chi connectivity index (χ0v) is 24.1. The molecule has 0 radical (unpaired) electrons. The SMILES string of the molecule is CCCCOC(C(=O)Nc1cccc(-c2nc3c(Cl)c(C(C)(C)C)[nH]n3n2)c1)c1cc(NC(C)=O)ccc1CO. The summed E-state index contributed by atoms with van der Waals surface area (Å²) in [6.45, 7) is 9.66. The quantitative estimate of drug-likeness (QED) is 0.184. The maximum Gasteiger partial charge on any atom is 0.258 e. The summed E-state index contributed by atoms with van der Waals surface area (Å²) >= 11 is 6.58. The molecular weight excluding hydrogens is 532 g/mol. The van der Waals surface area contributed by atoms with Gasteiger partial charge in [-0.25, -0.2) is 4.98 Å². The molecule has 11 heteroatoms. The number of ether oxygens (including phenoxy) is 1. The highest BCUT2D eigenvalue weighted by molar-refractivity contribution is 6.34. The number of carbonyl (C=O) groups excluding carboxylic acids is 2. The smallest absolute Gasteiger partial charge is 0.258 e. The van der Waals surface area contributed by atoms with Crippen molar-refractivity contribution in [3.05, 3.63) is 64.3 Å². The Labute approximate surface area is 238 Å². The Morgan fingerprint density at radius 1 is 1.15 bits per heavy atom. The molecule has 4 aromatic rings. The molecule has 0 spiro atoms. The van der Waals surface area contributed by atoms with Gasteiger partial charge in [0.15, 0.2) is 17.6 Å². The summed E-state index contributed by atoms with van der Waals surface area (Å²) in [4.78, 5) is 29.8. The van der Waals surface area contributed by atoms with Crippen LogP contribution in [0.1, 0.15) is 70.4 Å². The van der Waals surface area contributed by atoms with Crippen molar-refractivity contribution in [1.29, 1.82) is 0 Å². The molecule has 0 aliphatic rings. The number of benzene rings is 2. The molecule has 1 unspecified atom stereocenters. The molecular formula is C29H35ClN6O4. The fourth-order valence-electron chi connectivity index (χ4n) is 4.28. The van der Waals surface area contributed by atoms with Gasteiger partial charge >= 0.3 is 0 Å². The molecule has 0 saturated carbocycles. The standard InChI is InChI=1S/C29H35ClN6O4/c1-6-7-13-40-24(22-15-21(31-17(2)38)12-11-19(22)16-37)28(39)32-20-10-8-9-18(14-20)26-33-27-23(30)25(29(3,4)5)34-36(27)35-26/h8-12,14-15,24,34,37H,6-7,13,16H2,1-5H3,(H,31,38)(H,32,39). The van der Waals surface area contributed by atoms with Crippen LogP contribution in [0, 0.1) is 0 Å². The van der Waals surface area contributed by atoms with E-state index in [1.54, 1.807) is 41.0 Å². The van der Waals surface area contributed by atoms with Gasteiger partial charge in [0.1, 0.15) is 5.02 Å². The fraction of sp³-hybridized carbons (Fsp3) is 0.379. The minimum atomic E-state index is -1.01. The average molecular weight is 567 g/mol. The number of unbranched alkanes of at least 4 members (excludes halogenated alkanes) is 1. The van der Waals surface area contributed by atoms with Crippen molar-refractivity contribution in [3.63, 3.8) is 0 Å². The van der Waals surface area contributed by atoms with Crippen LogP contribution in [0.15, 0.2) is 42.5 Å². The third-order valence-corrected chi connectivity index (χ3v) is 6.68. The molecule has 2 aromatic carbocycles. The van der Waals surface area contributed by atoms with Gasteiger partial charge in [-0.3, -0.25) is 14.7 Å². The van der Waals surface area contributed by atoms with Crippen molar-refractivity contribution in [2.75, 3.05) is 17.2 Å². The van der Waals surface area contributed by atoms with Crippen LogP contribution in [0.2, 0.25) is 5.02 Å². The number of anilines is 2. The van der Waals surface area contributed by atoms with Gasteiger partial charge in [-0.15, -0.1) is 5.10 Å². The third-order valence-electron chi connectivity index (χ3n) is 6.32. The maximum absolute atomic E-state index is 13.6. The van der Waals surface area contributed by atoms with Gasteiger partial charge in [0.05, 0.1) is 12.3 Å². The zero-order valence-electron chi connectivity index (χ0n) is 23.3. The van der Waals surface area contributed by atoms with Crippen molar-refractivity contribution in [2.45, 2.75) is 65.6 Å². The second kappa shape index (κ2) is 12.2. The van der Waals surface area contributed by atoms with Gasteiger partial charge in [-0.05, 0) is 41.8 Å². The van der Waals surface area contributed by atoms with Crippen LogP contribution in [0.3, 0.4) is 0 Å². The van der Waals surface area contributed by atoms with Crippen molar-refractivity contribution in [1.82, 2.24) is 19.8 Å². The first kappa shape index (κ1) is 29.3. The van der Waals surface area contributed by atoms with E-state index in [0.717, 1.165) is 18.5 Å². The lowest BCUT2D eigenvalue weighted by Gasteiger charge is -2.21. The summed E-state index contributed by atoms with van der Waals surface area (Å²) in [5, 5.41) is 23.9. The number of hydrogen-bond acceptors (Lipinski definition) is 6. The van der Waals surface area contributed by atoms with Crippen LogP contribution < -0.4 is 10.6 Å². The second-order valence-electron chi connectivity index (χ2n) is 10.6. The molecule has 0 bridgehead atoms. The number of rotatable bonds is 10. The molecule has 4 N–H and O–H groups in total. The molecule has 4 rings (SSSR count). The summed E-state index contributed by atoms with van der Waals surface area (Å²) in [7, 11) is 0. The number of carbonyl (C=O) groups is 2. The normalized spacial score (nSPS) is 12.5. The van der Waals surface area contributed by atoms with Crippen molar-refractivity contribution in [2.24, 2.45) is 0 Å². The first-order valence-corrected chi connectivity index (χ1v) is 13.6. The Hall–Kier alpha value is -3.73. The summed E-state index contributed by atoms with van der Waals surface area (Å²) < 4.78 is 7.57. The van der Waals surface area contributed by atoms with Gasteiger partial charge in [0.2, 0.25) is 5.91 Å². The number of aliphatic hydroxyl groups is 1. The molecule has 0 aliphatic carbocycles. The first-order chi connectivity index (χ1) is 19.0. The number of aromatic nitrogens is 4. The van der Waals surface area contributed by atoms with E-state index in [4.69, 9.17) is 16.3 Å². The molecule has 0 aliphatic heterocycles. The predicted octanol–water partition coefficient (Wildman–Crippen LogP) is 5.62. The highest BCUT2D eigenvalue weighted by atomic mass is 35.5. The van der Waals surface area contributed by atoms with E-state index in [0.29, 0.717) is 51.2 Å². The second-order valence-corrected chi connectivity index (χ2v) is 11.0. The highest BCUT2D eigenvalue weighted by Crippen LogP contribution is 2.32. The number of amides is 2. The number of nitrogens with zero attached hydrogens (tertiary/aromatic N) is 3. The molecule has 2 aromatic heterocycles. The van der Waals surface area contributed by atoms with Crippen LogP contribution >= 0.6 is 11.6 Å². The highest BCUT2D eigenvalue weighted by Gasteiger charge is 2.26. The lowest BCUT2D eigenvalue weighted by molar-refractivity contribution is -0.128. The topological polar surface area (TPSA) is 134 Å². The van der Waals surface area contributed by atoms with Gasteiger partial charge in [-0.1, -0.05) is 63.9 Å². The van der Waals surface area contributed by atoms with Gasteiger partial charge in [0.25, 0.3) is 5.91 Å². The minimum Gasteiger partial charge on any atom is -0.392 e. The molecule has 10 nitrogen and oxygen atoms in total. The van der Waals surface area contributed by atoms with Crippen molar-refractivity contribution in [3.8, 4) is 11.4 Å².